The number of carboxylic acid groups (broad SMARTS) is 1. The largest absolute Gasteiger partial charge is 0.478 e. The molecule has 254 valence electrons. The highest BCUT2D eigenvalue weighted by atomic mass is 35.5. The second kappa shape index (κ2) is 11.5. The van der Waals surface area contributed by atoms with Gasteiger partial charge in [0.25, 0.3) is 0 Å². The fourth-order valence-electron chi connectivity index (χ4n) is 9.02. The fraction of sp³-hybridized carbons (Fsp3) is 0.444. The number of aliphatic hydroxyl groups excluding tert-OH is 1. The van der Waals surface area contributed by atoms with Gasteiger partial charge >= 0.3 is 17.9 Å². The van der Waals surface area contributed by atoms with Gasteiger partial charge in [-0.15, -0.1) is 0 Å². The molecule has 0 aliphatic heterocycles. The molecule has 0 saturated heterocycles. The number of rotatable bonds is 6. The lowest BCUT2D eigenvalue weighted by Crippen LogP contribution is -2.71. The molecule has 2 aromatic rings. The maximum absolute atomic E-state index is 17.5. The number of fused-ring (bicyclic) bond motifs is 5. The number of carboxylic acids is 1. The molecule has 0 spiro atoms. The molecular formula is C36H35ClF2O9. The number of alkyl halides is 2. The molecule has 0 aromatic heterocycles. The van der Waals surface area contributed by atoms with Crippen LogP contribution in [0.1, 0.15) is 57.3 Å². The third-order valence-electron chi connectivity index (χ3n) is 11.2. The van der Waals surface area contributed by atoms with Gasteiger partial charge < -0.3 is 24.4 Å². The van der Waals surface area contributed by atoms with Crippen molar-refractivity contribution < 1.29 is 52.4 Å². The first kappa shape index (κ1) is 33.8. The zero-order valence-corrected chi connectivity index (χ0v) is 27.4. The Kier molecular flexibility index (Phi) is 8.11. The molecule has 2 aromatic carbocycles. The van der Waals surface area contributed by atoms with Crippen molar-refractivity contribution in [3.05, 3.63) is 76.9 Å². The number of ether oxygens (including phenoxy) is 3. The highest BCUT2D eigenvalue weighted by Gasteiger charge is 2.78. The second-order valence-corrected chi connectivity index (χ2v) is 14.1. The molecule has 9 atom stereocenters. The van der Waals surface area contributed by atoms with Crippen LogP contribution in [0, 0.1) is 28.6 Å². The summed E-state index contributed by atoms with van der Waals surface area (Å²) < 4.78 is 50.0. The Morgan fingerprint density at radius 3 is 2.31 bits per heavy atom. The maximum atomic E-state index is 17.5. The van der Waals surface area contributed by atoms with Gasteiger partial charge in [-0.05, 0) is 86.2 Å². The van der Waals surface area contributed by atoms with Crippen molar-refractivity contribution in [3.8, 4) is 17.2 Å². The van der Waals surface area contributed by atoms with E-state index >= 15 is 8.78 Å². The van der Waals surface area contributed by atoms with Gasteiger partial charge in [-0.2, -0.15) is 0 Å². The predicted octanol–water partition coefficient (Wildman–Crippen LogP) is 6.60. The van der Waals surface area contributed by atoms with Gasteiger partial charge in [0, 0.05) is 35.7 Å². The van der Waals surface area contributed by atoms with Gasteiger partial charge in [0.05, 0.1) is 16.7 Å². The number of ketones is 1. The normalized spacial score (nSPS) is 36.6. The number of esters is 2. The Morgan fingerprint density at radius 2 is 1.69 bits per heavy atom. The van der Waals surface area contributed by atoms with Crippen LogP contribution < -0.4 is 9.47 Å². The number of carbonyl (C=O) groups is 4. The van der Waals surface area contributed by atoms with E-state index in [2.05, 4.69) is 0 Å². The SMILES string of the molecule is CC(=O)Oc1ccc(Oc2ccc(C(=O)O[C@@]3(C(=O)O)[C@H](C)C[C@H]4[C@@H]5C[C@H](F)C6=CC(=O)C=C[C@]6(C)C5(F)[C@@H](O)C[C@@]43C)cc2)cc1Cl. The van der Waals surface area contributed by atoms with Crippen LogP contribution >= 0.6 is 11.6 Å². The number of halogens is 3. The van der Waals surface area contributed by atoms with Gasteiger partial charge in [0.2, 0.25) is 5.60 Å². The van der Waals surface area contributed by atoms with E-state index in [1.807, 2.05) is 0 Å². The van der Waals surface area contributed by atoms with Crippen LogP contribution in [0.5, 0.6) is 17.2 Å². The lowest BCUT2D eigenvalue weighted by molar-refractivity contribution is -0.229. The Morgan fingerprint density at radius 1 is 1.02 bits per heavy atom. The summed E-state index contributed by atoms with van der Waals surface area (Å²) in [5, 5.41) is 22.5. The van der Waals surface area contributed by atoms with Crippen molar-refractivity contribution >= 4 is 35.3 Å². The third-order valence-corrected chi connectivity index (χ3v) is 11.5. The molecule has 0 radical (unpaired) electrons. The third kappa shape index (κ3) is 4.80. The van der Waals surface area contributed by atoms with Crippen LogP contribution in [0.15, 0.2) is 66.3 Å². The standard InChI is InChI=1S/C36H35ClF2O9/c1-18-13-24-25-16-28(38)26-14-21(41)11-12-33(26,3)35(25,39)30(42)17-34(24,4)36(18,32(44)45)48-31(43)20-5-7-22(8-6-20)47-23-9-10-29(27(37)15-23)46-19(2)40/h5-12,14-15,18,24-25,28,30,42H,13,16-17H2,1-4H3,(H,44,45)/t18-,24+,25+,28+,30+,33+,34+,35?,36-/m1/s1. The minimum absolute atomic E-state index is 0.0162. The van der Waals surface area contributed by atoms with E-state index in [4.69, 9.17) is 25.8 Å². The fourth-order valence-corrected chi connectivity index (χ4v) is 9.23. The van der Waals surface area contributed by atoms with Gasteiger partial charge in [0.1, 0.15) is 23.4 Å². The molecule has 1 unspecified atom stereocenters. The molecule has 0 amide bonds. The molecule has 0 heterocycles. The van der Waals surface area contributed by atoms with Crippen LogP contribution in [0.2, 0.25) is 5.02 Å². The quantitative estimate of drug-likeness (QED) is 0.255. The first-order chi connectivity index (χ1) is 22.5. The first-order valence-electron chi connectivity index (χ1n) is 15.7. The first-order valence-corrected chi connectivity index (χ1v) is 16.0. The molecule has 48 heavy (non-hydrogen) atoms. The van der Waals surface area contributed by atoms with E-state index < -0.39 is 75.8 Å². The van der Waals surface area contributed by atoms with Gasteiger partial charge in [0.15, 0.2) is 11.5 Å². The Bertz CT molecular complexity index is 1770. The molecule has 4 aliphatic rings. The molecule has 9 nitrogen and oxygen atoms in total. The zero-order chi connectivity index (χ0) is 35.0. The van der Waals surface area contributed by atoms with Gasteiger partial charge in [-0.25, -0.2) is 18.4 Å². The summed E-state index contributed by atoms with van der Waals surface area (Å²) in [6, 6.07) is 10.2. The molecule has 2 N–H and O–H groups in total. The molecule has 3 saturated carbocycles. The Labute approximate surface area is 280 Å². The predicted molar refractivity (Wildman–Crippen MR) is 168 cm³/mol. The summed E-state index contributed by atoms with van der Waals surface area (Å²) >= 11 is 6.16. The molecule has 4 aliphatic carbocycles. The second-order valence-electron chi connectivity index (χ2n) is 13.7. The molecule has 6 rings (SSSR count). The number of hydrogen-bond acceptors (Lipinski definition) is 8. The van der Waals surface area contributed by atoms with Crippen molar-refractivity contribution in [1.29, 1.82) is 0 Å². The summed E-state index contributed by atoms with van der Waals surface area (Å²) in [6.45, 7) is 5.89. The van der Waals surface area contributed by atoms with Crippen LogP contribution in [-0.2, 0) is 19.1 Å². The average molecular weight is 685 g/mol. The average Bonchev–Trinajstić information content (AvgIpc) is 3.23. The number of hydrogen-bond donors (Lipinski definition) is 2. The number of allylic oxidation sites excluding steroid dienone is 4. The highest BCUT2D eigenvalue weighted by molar-refractivity contribution is 6.32. The summed E-state index contributed by atoms with van der Waals surface area (Å²) in [6.07, 6.45) is -0.475. The van der Waals surface area contributed by atoms with E-state index in [1.165, 1.54) is 68.5 Å². The van der Waals surface area contributed by atoms with Crippen molar-refractivity contribution in [2.24, 2.45) is 28.6 Å². The topological polar surface area (TPSA) is 136 Å². The number of aliphatic carboxylic acids is 1. The number of carbonyl (C=O) groups excluding carboxylic acids is 3. The van der Waals surface area contributed by atoms with Crippen molar-refractivity contribution in [3.63, 3.8) is 0 Å². The smallest absolute Gasteiger partial charge is 0.349 e. The number of aliphatic hydroxyl groups is 1. The summed E-state index contributed by atoms with van der Waals surface area (Å²) in [7, 11) is 0. The van der Waals surface area contributed by atoms with Crippen LogP contribution in [0.3, 0.4) is 0 Å². The Hall–Kier alpha value is -4.09. The van der Waals surface area contributed by atoms with E-state index in [9.17, 15) is 29.4 Å². The highest BCUT2D eigenvalue weighted by Crippen LogP contribution is 2.71. The molecule has 0 bridgehead atoms. The van der Waals surface area contributed by atoms with E-state index in [1.54, 1.807) is 13.8 Å². The molecule has 12 heteroatoms. The van der Waals surface area contributed by atoms with E-state index in [0.717, 1.165) is 6.08 Å². The van der Waals surface area contributed by atoms with E-state index in [0.29, 0.717) is 11.5 Å². The van der Waals surface area contributed by atoms with Crippen molar-refractivity contribution in [2.45, 2.75) is 70.5 Å². The lowest BCUT2D eigenvalue weighted by atomic mass is 9.44. The minimum atomic E-state index is -2.40. The molecular weight excluding hydrogens is 650 g/mol. The summed E-state index contributed by atoms with van der Waals surface area (Å²) in [4.78, 5) is 50.2. The van der Waals surface area contributed by atoms with Gasteiger partial charge in [-0.3, -0.25) is 9.59 Å². The van der Waals surface area contributed by atoms with Crippen molar-refractivity contribution in [2.75, 3.05) is 0 Å². The summed E-state index contributed by atoms with van der Waals surface area (Å²) in [5.41, 5.74) is -7.69. The van der Waals surface area contributed by atoms with Crippen LogP contribution in [-0.4, -0.2) is 57.4 Å². The maximum Gasteiger partial charge on any atom is 0.349 e. The Balaban J connectivity index is 1.27. The zero-order valence-electron chi connectivity index (χ0n) is 26.7. The lowest BCUT2D eigenvalue weighted by Gasteiger charge is -2.62. The van der Waals surface area contributed by atoms with Crippen molar-refractivity contribution in [1.82, 2.24) is 0 Å². The van der Waals surface area contributed by atoms with Gasteiger partial charge in [-0.1, -0.05) is 31.5 Å². The molecule has 3 fully saturated rings. The minimum Gasteiger partial charge on any atom is -0.478 e. The number of benzene rings is 2. The van der Waals surface area contributed by atoms with Crippen LogP contribution in [0.25, 0.3) is 0 Å². The van der Waals surface area contributed by atoms with E-state index in [-0.39, 0.29) is 41.2 Å². The summed E-state index contributed by atoms with van der Waals surface area (Å²) in [5.74, 6) is -5.33. The monoisotopic (exact) mass is 684 g/mol. The van der Waals surface area contributed by atoms with Crippen LogP contribution in [0.4, 0.5) is 8.78 Å².